The summed E-state index contributed by atoms with van der Waals surface area (Å²) in [5, 5.41) is 0. The monoisotopic (exact) mass is 224 g/mol. The molecule has 3 N–H and O–H groups in total. The molecule has 2 nitrogen and oxygen atoms in total. The van der Waals surface area contributed by atoms with Crippen LogP contribution >= 0.6 is 11.8 Å². The van der Waals surface area contributed by atoms with E-state index in [9.17, 15) is 0 Å². The van der Waals surface area contributed by atoms with Crippen LogP contribution in [0.5, 0.6) is 0 Å². The van der Waals surface area contributed by atoms with Gasteiger partial charge in [-0.2, -0.15) is 11.8 Å². The lowest BCUT2D eigenvalue weighted by Crippen LogP contribution is -2.30. The summed E-state index contributed by atoms with van der Waals surface area (Å²) in [6.45, 7) is 6.43. The molecule has 0 bridgehead atoms. The zero-order chi connectivity index (χ0) is 11.4. The van der Waals surface area contributed by atoms with Crippen molar-refractivity contribution in [2.45, 2.75) is 26.8 Å². The van der Waals surface area contributed by atoms with Crippen LogP contribution in [-0.2, 0) is 0 Å². The average Bonchev–Trinajstić information content (AvgIpc) is 2.20. The third-order valence-electron chi connectivity index (χ3n) is 2.79. The molecule has 1 rings (SSSR count). The van der Waals surface area contributed by atoms with E-state index in [0.29, 0.717) is 0 Å². The first kappa shape index (κ1) is 12.6. The van der Waals surface area contributed by atoms with E-state index in [1.54, 1.807) is 11.8 Å². The molecule has 0 aliphatic heterocycles. The molecule has 0 aliphatic rings. The minimum absolute atomic E-state index is 0.249. The lowest BCUT2D eigenvalue weighted by atomic mass is 9.97. The molecular formula is C12H20N2S. The maximum absolute atomic E-state index is 5.58. The van der Waals surface area contributed by atoms with E-state index in [4.69, 9.17) is 5.84 Å². The Morgan fingerprint density at radius 2 is 1.80 bits per heavy atom. The molecule has 1 aromatic rings. The van der Waals surface area contributed by atoms with Crippen LogP contribution in [0.3, 0.4) is 0 Å². The lowest BCUT2D eigenvalue weighted by molar-refractivity contribution is 0.607. The van der Waals surface area contributed by atoms with Crippen molar-refractivity contribution in [3.63, 3.8) is 0 Å². The van der Waals surface area contributed by atoms with E-state index in [1.807, 2.05) is 0 Å². The minimum atomic E-state index is 0.249. The van der Waals surface area contributed by atoms with Crippen LogP contribution < -0.4 is 11.3 Å². The first-order chi connectivity index (χ1) is 7.10. The summed E-state index contributed by atoms with van der Waals surface area (Å²) in [4.78, 5) is 0. The maximum Gasteiger partial charge on any atom is 0.0552 e. The summed E-state index contributed by atoms with van der Waals surface area (Å²) < 4.78 is 0. The van der Waals surface area contributed by atoms with Gasteiger partial charge in [0.2, 0.25) is 0 Å². The highest BCUT2D eigenvalue weighted by Crippen LogP contribution is 2.23. The first-order valence-corrected chi connectivity index (χ1v) is 6.52. The zero-order valence-electron chi connectivity index (χ0n) is 9.92. The van der Waals surface area contributed by atoms with E-state index < -0.39 is 0 Å². The summed E-state index contributed by atoms with van der Waals surface area (Å²) in [6, 6.07) is 4.72. The molecule has 0 saturated carbocycles. The number of benzene rings is 1. The number of nitrogens with one attached hydrogen (secondary N) is 1. The normalized spacial score (nSPS) is 12.9. The highest BCUT2D eigenvalue weighted by atomic mass is 32.2. The Morgan fingerprint density at radius 3 is 2.33 bits per heavy atom. The van der Waals surface area contributed by atoms with Gasteiger partial charge in [0.05, 0.1) is 6.04 Å². The van der Waals surface area contributed by atoms with Crippen molar-refractivity contribution >= 4 is 11.8 Å². The molecule has 3 heteroatoms. The molecule has 15 heavy (non-hydrogen) atoms. The second kappa shape index (κ2) is 5.54. The Balaban J connectivity index is 3.06. The summed E-state index contributed by atoms with van der Waals surface area (Å²) in [6.07, 6.45) is 2.10. The Morgan fingerprint density at radius 1 is 1.20 bits per heavy atom. The number of thioether (sulfide) groups is 1. The average molecular weight is 224 g/mol. The lowest BCUT2D eigenvalue weighted by Gasteiger charge is -2.19. The van der Waals surface area contributed by atoms with Crippen molar-refractivity contribution in [2.75, 3.05) is 12.0 Å². The molecule has 0 aromatic heterocycles. The van der Waals surface area contributed by atoms with Crippen LogP contribution in [0, 0.1) is 20.8 Å². The summed E-state index contributed by atoms with van der Waals surface area (Å²) in [7, 11) is 0. The van der Waals surface area contributed by atoms with Gasteiger partial charge in [0.15, 0.2) is 0 Å². The molecule has 84 valence electrons. The maximum atomic E-state index is 5.58. The molecule has 0 spiro atoms. The number of hydrogen-bond donors (Lipinski definition) is 2. The van der Waals surface area contributed by atoms with Crippen molar-refractivity contribution in [3.05, 3.63) is 34.4 Å². The van der Waals surface area contributed by atoms with Gasteiger partial charge < -0.3 is 0 Å². The van der Waals surface area contributed by atoms with E-state index in [-0.39, 0.29) is 6.04 Å². The standard InChI is InChI=1S/C12H20N2S/c1-8-5-10(3)11(6-9(8)2)12(14-13)7-15-4/h5-6,12,14H,7,13H2,1-4H3. The van der Waals surface area contributed by atoms with Crippen LogP contribution in [-0.4, -0.2) is 12.0 Å². The summed E-state index contributed by atoms with van der Waals surface area (Å²) in [5.74, 6) is 6.58. The van der Waals surface area contributed by atoms with E-state index in [0.717, 1.165) is 5.75 Å². The number of hydrogen-bond acceptors (Lipinski definition) is 3. The quantitative estimate of drug-likeness (QED) is 0.609. The molecule has 1 unspecified atom stereocenters. The molecule has 0 saturated heterocycles. The molecule has 0 aliphatic carbocycles. The molecule has 1 aromatic carbocycles. The van der Waals surface area contributed by atoms with Gasteiger partial charge in [-0.15, -0.1) is 0 Å². The topological polar surface area (TPSA) is 38.0 Å². The molecule has 0 radical (unpaired) electrons. The van der Waals surface area contributed by atoms with E-state index in [2.05, 4.69) is 44.6 Å². The van der Waals surface area contributed by atoms with Gasteiger partial charge in [-0.25, -0.2) is 0 Å². The Labute approximate surface area is 96.6 Å². The van der Waals surface area contributed by atoms with Gasteiger partial charge in [-0.05, 0) is 49.3 Å². The van der Waals surface area contributed by atoms with E-state index >= 15 is 0 Å². The van der Waals surface area contributed by atoms with E-state index in [1.165, 1.54) is 22.3 Å². The number of aryl methyl sites for hydroxylation is 3. The largest absolute Gasteiger partial charge is 0.271 e. The number of nitrogens with two attached hydrogens (primary N) is 1. The van der Waals surface area contributed by atoms with Crippen LogP contribution in [0.2, 0.25) is 0 Å². The second-order valence-corrected chi connectivity index (χ2v) is 4.88. The van der Waals surface area contributed by atoms with Crippen molar-refractivity contribution in [1.29, 1.82) is 0 Å². The Kier molecular flexibility index (Phi) is 4.64. The van der Waals surface area contributed by atoms with Gasteiger partial charge in [-0.1, -0.05) is 12.1 Å². The summed E-state index contributed by atoms with van der Waals surface area (Å²) in [5.41, 5.74) is 8.19. The van der Waals surface area contributed by atoms with Crippen molar-refractivity contribution in [1.82, 2.24) is 5.43 Å². The SMILES string of the molecule is CSCC(NN)c1cc(C)c(C)cc1C. The third-order valence-corrected chi connectivity index (χ3v) is 3.46. The Hall–Kier alpha value is -0.510. The van der Waals surface area contributed by atoms with Crippen molar-refractivity contribution < 1.29 is 0 Å². The van der Waals surface area contributed by atoms with Gasteiger partial charge >= 0.3 is 0 Å². The fourth-order valence-corrected chi connectivity index (χ4v) is 2.36. The van der Waals surface area contributed by atoms with Crippen LogP contribution in [0.1, 0.15) is 28.3 Å². The first-order valence-electron chi connectivity index (χ1n) is 5.13. The van der Waals surface area contributed by atoms with Crippen molar-refractivity contribution in [2.24, 2.45) is 5.84 Å². The number of rotatable bonds is 4. The van der Waals surface area contributed by atoms with Gasteiger partial charge in [0.1, 0.15) is 0 Å². The van der Waals surface area contributed by atoms with Crippen LogP contribution in [0.15, 0.2) is 12.1 Å². The van der Waals surface area contributed by atoms with Crippen molar-refractivity contribution in [3.8, 4) is 0 Å². The highest BCUT2D eigenvalue weighted by Gasteiger charge is 2.12. The van der Waals surface area contributed by atoms with Crippen LogP contribution in [0.25, 0.3) is 0 Å². The van der Waals surface area contributed by atoms with Gasteiger partial charge in [0.25, 0.3) is 0 Å². The smallest absolute Gasteiger partial charge is 0.0552 e. The highest BCUT2D eigenvalue weighted by molar-refractivity contribution is 7.98. The Bertz CT molecular complexity index is 337. The zero-order valence-corrected chi connectivity index (χ0v) is 10.7. The molecule has 0 fully saturated rings. The van der Waals surface area contributed by atoms with Crippen LogP contribution in [0.4, 0.5) is 0 Å². The number of hydrazine groups is 1. The molecule has 1 atom stereocenters. The van der Waals surface area contributed by atoms with Gasteiger partial charge in [-0.3, -0.25) is 11.3 Å². The summed E-state index contributed by atoms with van der Waals surface area (Å²) >= 11 is 1.81. The minimum Gasteiger partial charge on any atom is -0.271 e. The molecule has 0 amide bonds. The molecule has 0 heterocycles. The predicted octanol–water partition coefficient (Wildman–Crippen LogP) is 2.48. The fourth-order valence-electron chi connectivity index (χ4n) is 1.75. The third kappa shape index (κ3) is 2.97. The predicted molar refractivity (Wildman–Crippen MR) is 69.1 cm³/mol. The molecular weight excluding hydrogens is 204 g/mol. The van der Waals surface area contributed by atoms with Gasteiger partial charge in [0, 0.05) is 5.75 Å². The fraction of sp³-hybridized carbons (Fsp3) is 0.500. The second-order valence-electron chi connectivity index (χ2n) is 3.97.